The van der Waals surface area contributed by atoms with E-state index in [1.165, 1.54) is 6.07 Å². The van der Waals surface area contributed by atoms with E-state index in [1.807, 2.05) is 0 Å². The first-order valence-corrected chi connectivity index (χ1v) is 6.88. The summed E-state index contributed by atoms with van der Waals surface area (Å²) < 4.78 is 42.9. The van der Waals surface area contributed by atoms with E-state index >= 15 is 0 Å². The van der Waals surface area contributed by atoms with Crippen molar-refractivity contribution in [3.05, 3.63) is 29.8 Å². The standard InChI is InChI=1S/C15H21F3N2O2/c1-10(9-19-13(21)22-14(2,3)4)20-12-7-5-6-11(8-12)15(16,17)18/h5-8,10,20H,9H2,1-4H3,(H,19,21). The summed E-state index contributed by atoms with van der Waals surface area (Å²) in [5.41, 5.74) is -0.972. The molecular weight excluding hydrogens is 297 g/mol. The van der Waals surface area contributed by atoms with E-state index in [4.69, 9.17) is 4.74 Å². The van der Waals surface area contributed by atoms with Gasteiger partial charge in [-0.3, -0.25) is 0 Å². The number of alkyl halides is 3. The Bertz CT molecular complexity index is 510. The quantitative estimate of drug-likeness (QED) is 0.881. The number of halogens is 3. The van der Waals surface area contributed by atoms with E-state index in [1.54, 1.807) is 33.8 Å². The second-order valence-electron chi connectivity index (χ2n) is 6.01. The number of anilines is 1. The molecule has 1 unspecified atom stereocenters. The lowest BCUT2D eigenvalue weighted by Crippen LogP contribution is -2.38. The molecule has 1 atom stereocenters. The minimum absolute atomic E-state index is 0.227. The smallest absolute Gasteiger partial charge is 0.416 e. The summed E-state index contributed by atoms with van der Waals surface area (Å²) in [5.74, 6) is 0. The molecular formula is C15H21F3N2O2. The predicted molar refractivity (Wildman–Crippen MR) is 78.8 cm³/mol. The highest BCUT2D eigenvalue weighted by Crippen LogP contribution is 2.30. The van der Waals surface area contributed by atoms with Gasteiger partial charge in [-0.1, -0.05) is 6.07 Å². The first kappa shape index (κ1) is 18.1. The molecule has 4 nitrogen and oxygen atoms in total. The molecule has 22 heavy (non-hydrogen) atoms. The molecule has 0 aliphatic carbocycles. The van der Waals surface area contributed by atoms with Gasteiger partial charge in [0.05, 0.1) is 5.56 Å². The minimum Gasteiger partial charge on any atom is -0.444 e. The summed E-state index contributed by atoms with van der Waals surface area (Å²) in [5, 5.41) is 5.46. The van der Waals surface area contributed by atoms with Crippen molar-refractivity contribution in [1.29, 1.82) is 0 Å². The zero-order chi connectivity index (χ0) is 17.0. The van der Waals surface area contributed by atoms with Crippen LogP contribution in [0, 0.1) is 0 Å². The Balaban J connectivity index is 2.52. The fourth-order valence-corrected chi connectivity index (χ4v) is 1.67. The lowest BCUT2D eigenvalue weighted by atomic mass is 10.2. The molecule has 0 radical (unpaired) electrons. The number of carbonyl (C=O) groups excluding carboxylic acids is 1. The maximum Gasteiger partial charge on any atom is 0.416 e. The Kier molecular flexibility index (Phi) is 5.68. The third-order valence-corrected chi connectivity index (χ3v) is 2.55. The van der Waals surface area contributed by atoms with Crippen molar-refractivity contribution in [2.45, 2.75) is 45.5 Å². The van der Waals surface area contributed by atoms with Gasteiger partial charge in [-0.2, -0.15) is 13.2 Å². The summed E-state index contributed by atoms with van der Waals surface area (Å²) in [4.78, 5) is 11.5. The summed E-state index contributed by atoms with van der Waals surface area (Å²) in [6, 6.07) is 4.66. The molecule has 0 saturated heterocycles. The molecule has 0 heterocycles. The average molecular weight is 318 g/mol. The Morgan fingerprint density at radius 1 is 1.27 bits per heavy atom. The average Bonchev–Trinajstić information content (AvgIpc) is 2.34. The molecule has 1 rings (SSSR count). The molecule has 0 aliphatic rings. The molecule has 0 aliphatic heterocycles. The van der Waals surface area contributed by atoms with Gasteiger partial charge in [-0.15, -0.1) is 0 Å². The largest absolute Gasteiger partial charge is 0.444 e. The number of hydrogen-bond acceptors (Lipinski definition) is 3. The minimum atomic E-state index is -4.38. The predicted octanol–water partition coefficient (Wildman–Crippen LogP) is 4.03. The van der Waals surface area contributed by atoms with E-state index in [0.717, 1.165) is 12.1 Å². The molecule has 2 N–H and O–H groups in total. The van der Waals surface area contributed by atoms with E-state index in [2.05, 4.69) is 10.6 Å². The van der Waals surface area contributed by atoms with Crippen molar-refractivity contribution in [3.8, 4) is 0 Å². The van der Waals surface area contributed by atoms with Crippen molar-refractivity contribution in [2.75, 3.05) is 11.9 Å². The molecule has 1 aromatic carbocycles. The number of alkyl carbamates (subject to hydrolysis) is 1. The zero-order valence-corrected chi connectivity index (χ0v) is 13.0. The lowest BCUT2D eigenvalue weighted by Gasteiger charge is -2.21. The van der Waals surface area contributed by atoms with Gasteiger partial charge >= 0.3 is 12.3 Å². The molecule has 1 amide bonds. The summed E-state index contributed by atoms with van der Waals surface area (Å²) in [6.07, 6.45) is -4.94. The highest BCUT2D eigenvalue weighted by Gasteiger charge is 2.30. The van der Waals surface area contributed by atoms with Gasteiger partial charge in [-0.25, -0.2) is 4.79 Å². The van der Waals surface area contributed by atoms with Gasteiger partial charge in [-0.05, 0) is 45.9 Å². The molecule has 0 saturated carbocycles. The molecule has 0 spiro atoms. The summed E-state index contributed by atoms with van der Waals surface area (Å²) in [7, 11) is 0. The van der Waals surface area contributed by atoms with Gasteiger partial charge in [0.1, 0.15) is 5.60 Å². The number of nitrogens with one attached hydrogen (secondary N) is 2. The van der Waals surface area contributed by atoms with E-state index < -0.39 is 23.4 Å². The van der Waals surface area contributed by atoms with Crippen molar-refractivity contribution < 1.29 is 22.7 Å². The zero-order valence-electron chi connectivity index (χ0n) is 13.0. The second-order valence-corrected chi connectivity index (χ2v) is 6.01. The molecule has 7 heteroatoms. The van der Waals surface area contributed by atoms with Gasteiger partial charge < -0.3 is 15.4 Å². The number of benzene rings is 1. The molecule has 0 fully saturated rings. The topological polar surface area (TPSA) is 50.4 Å². The summed E-state index contributed by atoms with van der Waals surface area (Å²) in [6.45, 7) is 7.22. The van der Waals surface area contributed by atoms with Crippen LogP contribution < -0.4 is 10.6 Å². The lowest BCUT2D eigenvalue weighted by molar-refractivity contribution is -0.137. The third-order valence-electron chi connectivity index (χ3n) is 2.55. The highest BCUT2D eigenvalue weighted by atomic mass is 19.4. The van der Waals surface area contributed by atoms with Crippen LogP contribution in [0.1, 0.15) is 33.3 Å². The maximum atomic E-state index is 12.6. The molecule has 0 aromatic heterocycles. The number of carbonyl (C=O) groups is 1. The Morgan fingerprint density at radius 2 is 1.91 bits per heavy atom. The maximum absolute atomic E-state index is 12.6. The summed E-state index contributed by atoms with van der Waals surface area (Å²) >= 11 is 0. The van der Waals surface area contributed by atoms with E-state index in [9.17, 15) is 18.0 Å². The fourth-order valence-electron chi connectivity index (χ4n) is 1.67. The highest BCUT2D eigenvalue weighted by molar-refractivity contribution is 5.67. The number of ether oxygens (including phenoxy) is 1. The van der Waals surface area contributed by atoms with Crippen LogP contribution in [-0.4, -0.2) is 24.3 Å². The second kappa shape index (κ2) is 6.89. The molecule has 124 valence electrons. The van der Waals surface area contributed by atoms with Crippen LogP contribution in [0.25, 0.3) is 0 Å². The van der Waals surface area contributed by atoms with E-state index in [-0.39, 0.29) is 12.6 Å². The molecule has 0 bridgehead atoms. The van der Waals surface area contributed by atoms with Gasteiger partial charge in [0, 0.05) is 18.3 Å². The number of hydrogen-bond donors (Lipinski definition) is 2. The van der Waals surface area contributed by atoms with Crippen molar-refractivity contribution in [3.63, 3.8) is 0 Å². The number of amides is 1. The van der Waals surface area contributed by atoms with Crippen LogP contribution in [0.2, 0.25) is 0 Å². The first-order valence-electron chi connectivity index (χ1n) is 6.88. The first-order chi connectivity index (χ1) is 9.97. The fraction of sp³-hybridized carbons (Fsp3) is 0.533. The van der Waals surface area contributed by atoms with Crippen LogP contribution >= 0.6 is 0 Å². The Hall–Kier alpha value is -1.92. The van der Waals surface area contributed by atoms with Crippen LogP contribution in [0.15, 0.2) is 24.3 Å². The van der Waals surface area contributed by atoms with Crippen molar-refractivity contribution in [2.24, 2.45) is 0 Å². The van der Waals surface area contributed by atoms with Gasteiger partial charge in [0.25, 0.3) is 0 Å². The van der Waals surface area contributed by atoms with Crippen LogP contribution in [0.5, 0.6) is 0 Å². The van der Waals surface area contributed by atoms with Crippen molar-refractivity contribution >= 4 is 11.8 Å². The normalized spacial score (nSPS) is 13.4. The third kappa shape index (κ3) is 6.69. The van der Waals surface area contributed by atoms with Crippen LogP contribution in [-0.2, 0) is 10.9 Å². The Morgan fingerprint density at radius 3 is 2.45 bits per heavy atom. The van der Waals surface area contributed by atoms with Gasteiger partial charge in [0.15, 0.2) is 0 Å². The number of rotatable bonds is 4. The van der Waals surface area contributed by atoms with E-state index in [0.29, 0.717) is 5.69 Å². The monoisotopic (exact) mass is 318 g/mol. The molecule has 1 aromatic rings. The Labute approximate surface area is 128 Å². The van der Waals surface area contributed by atoms with Crippen LogP contribution in [0.4, 0.5) is 23.7 Å². The van der Waals surface area contributed by atoms with Crippen LogP contribution in [0.3, 0.4) is 0 Å². The van der Waals surface area contributed by atoms with Crippen molar-refractivity contribution in [1.82, 2.24) is 5.32 Å². The SMILES string of the molecule is CC(CNC(=O)OC(C)(C)C)Nc1cccc(C(F)(F)F)c1. The van der Waals surface area contributed by atoms with Gasteiger partial charge in [0.2, 0.25) is 0 Å².